The SMILES string of the molecule is CC(C)N1C=C[NH+](C(C)C)C1N=Nc1ccccc1.c1ccc([B-](c2ccccc2)(c2ccccc2)c2ccccc2)cc1. The zero-order chi connectivity index (χ0) is 30.8. The van der Waals surface area contributed by atoms with Crippen LogP contribution in [0, 0.1) is 0 Å². The Balaban J connectivity index is 0.000000182. The second kappa shape index (κ2) is 14.6. The summed E-state index contributed by atoms with van der Waals surface area (Å²) in [6.45, 7) is 8.76. The van der Waals surface area contributed by atoms with Crippen molar-refractivity contribution in [1.82, 2.24) is 4.90 Å². The number of hydrogen-bond acceptors (Lipinski definition) is 3. The summed E-state index contributed by atoms with van der Waals surface area (Å²) >= 11 is 0. The molecule has 1 heterocycles. The molecule has 5 aromatic carbocycles. The average Bonchev–Trinajstić information content (AvgIpc) is 3.52. The Labute approximate surface area is 263 Å². The van der Waals surface area contributed by atoms with E-state index in [4.69, 9.17) is 0 Å². The minimum Gasteiger partial charge on any atom is -0.301 e. The first-order valence-electron chi connectivity index (χ1n) is 15.7. The molecule has 0 aliphatic carbocycles. The van der Waals surface area contributed by atoms with Crippen molar-refractivity contribution in [3.8, 4) is 0 Å². The third-order valence-corrected chi connectivity index (χ3v) is 8.52. The summed E-state index contributed by atoms with van der Waals surface area (Å²) in [6.07, 6.45) is 3.14. The van der Waals surface area contributed by atoms with E-state index in [9.17, 15) is 0 Å². The maximum absolute atomic E-state index is 4.55. The van der Waals surface area contributed by atoms with E-state index < -0.39 is 6.15 Å². The molecule has 4 nitrogen and oxygen atoms in total. The number of azo groups is 1. The molecule has 5 aromatic rings. The van der Waals surface area contributed by atoms with Crippen LogP contribution < -0.4 is 26.8 Å². The summed E-state index contributed by atoms with van der Waals surface area (Å²) in [5.74, 6) is 0. The fraction of sp³-hybridized carbons (Fsp3) is 0.179. The lowest BCUT2D eigenvalue weighted by Gasteiger charge is -2.44. The van der Waals surface area contributed by atoms with E-state index in [1.807, 2.05) is 30.3 Å². The van der Waals surface area contributed by atoms with Gasteiger partial charge in [0.25, 0.3) is 6.29 Å². The van der Waals surface area contributed by atoms with Crippen LogP contribution in [0.3, 0.4) is 0 Å². The fourth-order valence-corrected chi connectivity index (χ4v) is 6.32. The van der Waals surface area contributed by atoms with E-state index in [1.165, 1.54) is 26.8 Å². The Morgan fingerprint density at radius 1 is 0.545 bits per heavy atom. The Bertz CT molecular complexity index is 1420. The molecular weight excluding hydrogens is 535 g/mol. The van der Waals surface area contributed by atoms with Crippen LogP contribution in [-0.4, -0.2) is 29.4 Å². The molecule has 44 heavy (non-hydrogen) atoms. The van der Waals surface area contributed by atoms with Gasteiger partial charge in [0.2, 0.25) is 0 Å². The maximum atomic E-state index is 4.55. The monoisotopic (exact) mass is 578 g/mol. The Morgan fingerprint density at radius 2 is 0.909 bits per heavy atom. The van der Waals surface area contributed by atoms with Crippen molar-refractivity contribution in [3.05, 3.63) is 164 Å². The lowest BCUT2D eigenvalue weighted by Crippen LogP contribution is -3.14. The number of hydrogen-bond donors (Lipinski definition) is 1. The van der Waals surface area contributed by atoms with E-state index >= 15 is 0 Å². The molecule has 1 aliphatic heterocycles. The second-order valence-corrected chi connectivity index (χ2v) is 11.9. The average molecular weight is 579 g/mol. The van der Waals surface area contributed by atoms with Gasteiger partial charge in [-0.1, -0.05) is 140 Å². The van der Waals surface area contributed by atoms with Gasteiger partial charge in [0.05, 0.1) is 17.9 Å². The molecule has 1 aliphatic rings. The molecule has 0 bridgehead atoms. The Kier molecular flexibility index (Phi) is 10.2. The highest BCUT2D eigenvalue weighted by Crippen LogP contribution is 2.14. The molecule has 0 spiro atoms. The van der Waals surface area contributed by atoms with Gasteiger partial charge < -0.3 is 4.90 Å². The van der Waals surface area contributed by atoms with Crippen LogP contribution in [0.1, 0.15) is 27.7 Å². The van der Waals surface area contributed by atoms with E-state index in [0.29, 0.717) is 12.1 Å². The molecule has 0 radical (unpaired) electrons. The molecule has 5 heteroatoms. The third kappa shape index (κ3) is 6.74. The van der Waals surface area contributed by atoms with Gasteiger partial charge in [-0.25, -0.2) is 0 Å². The van der Waals surface area contributed by atoms with Crippen molar-refractivity contribution < 1.29 is 4.90 Å². The van der Waals surface area contributed by atoms with Gasteiger partial charge in [-0.2, -0.15) is 21.9 Å². The van der Waals surface area contributed by atoms with E-state index in [-0.39, 0.29) is 6.29 Å². The van der Waals surface area contributed by atoms with Gasteiger partial charge in [-0.3, -0.25) is 4.90 Å². The molecule has 0 fully saturated rings. The topological polar surface area (TPSA) is 32.4 Å². The largest absolute Gasteiger partial charge is 0.301 e. The summed E-state index contributed by atoms with van der Waals surface area (Å²) in [5.41, 5.74) is 6.26. The van der Waals surface area contributed by atoms with Crippen LogP contribution in [0.2, 0.25) is 0 Å². The van der Waals surface area contributed by atoms with Crippen molar-refractivity contribution in [2.75, 3.05) is 0 Å². The van der Waals surface area contributed by atoms with Gasteiger partial charge in [0, 0.05) is 6.04 Å². The first-order chi connectivity index (χ1) is 21.5. The molecule has 6 rings (SSSR count). The molecule has 2 unspecified atom stereocenters. The van der Waals surface area contributed by atoms with Gasteiger partial charge in [-0.05, 0) is 39.8 Å². The number of nitrogens with one attached hydrogen (secondary N) is 1. The van der Waals surface area contributed by atoms with Crippen LogP contribution in [0.15, 0.2) is 174 Å². The summed E-state index contributed by atoms with van der Waals surface area (Å²) in [6, 6.07) is 54.3. The van der Waals surface area contributed by atoms with Crippen molar-refractivity contribution >= 4 is 33.7 Å². The molecular formula is C39H43BN4. The highest BCUT2D eigenvalue weighted by atomic mass is 15.5. The molecule has 0 saturated carbocycles. The molecule has 0 aromatic heterocycles. The van der Waals surface area contributed by atoms with Crippen LogP contribution in [-0.2, 0) is 0 Å². The lowest BCUT2D eigenvalue weighted by molar-refractivity contribution is -0.899. The first-order valence-corrected chi connectivity index (χ1v) is 15.7. The highest BCUT2D eigenvalue weighted by Gasteiger charge is 2.34. The van der Waals surface area contributed by atoms with E-state index in [0.717, 1.165) is 5.69 Å². The Hall–Kier alpha value is -4.74. The summed E-state index contributed by atoms with van der Waals surface area (Å²) in [5, 5.41) is 8.93. The maximum Gasteiger partial charge on any atom is 0.285 e. The van der Waals surface area contributed by atoms with E-state index in [2.05, 4.69) is 177 Å². The number of nitrogens with zero attached hydrogens (tertiary/aromatic N) is 3. The van der Waals surface area contributed by atoms with Gasteiger partial charge in [-0.15, -0.1) is 10.2 Å². The van der Waals surface area contributed by atoms with Gasteiger partial charge >= 0.3 is 0 Å². The number of benzene rings is 5. The first kappa shape index (κ1) is 30.7. The quantitative estimate of drug-likeness (QED) is 0.189. The van der Waals surface area contributed by atoms with Gasteiger partial charge in [0.1, 0.15) is 12.3 Å². The Morgan fingerprint density at radius 3 is 1.25 bits per heavy atom. The number of rotatable bonds is 8. The molecule has 1 N–H and O–H groups in total. The van der Waals surface area contributed by atoms with Crippen LogP contribution in [0.25, 0.3) is 0 Å². The van der Waals surface area contributed by atoms with Crippen LogP contribution in [0.5, 0.6) is 0 Å². The minimum absolute atomic E-state index is 0.0419. The van der Waals surface area contributed by atoms with Crippen molar-refractivity contribution in [2.24, 2.45) is 10.2 Å². The summed E-state index contributed by atoms with van der Waals surface area (Å²) < 4.78 is 0. The molecule has 0 saturated heterocycles. The normalized spacial score (nSPS) is 16.4. The molecule has 0 amide bonds. The van der Waals surface area contributed by atoms with E-state index in [1.54, 1.807) is 0 Å². The van der Waals surface area contributed by atoms with Crippen molar-refractivity contribution in [3.63, 3.8) is 0 Å². The second-order valence-electron chi connectivity index (χ2n) is 11.9. The summed E-state index contributed by atoms with van der Waals surface area (Å²) in [4.78, 5) is 3.58. The predicted octanol–water partition coefficient (Wildman–Crippen LogP) is 5.61. The third-order valence-electron chi connectivity index (χ3n) is 8.52. The zero-order valence-electron chi connectivity index (χ0n) is 26.2. The smallest absolute Gasteiger partial charge is 0.285 e. The standard InChI is InChI=1S/C24H20B.C15H22N4/c1-5-13-21(14-6-1)25(22-15-7-2-8-16-22,23-17-9-3-10-18-23)24-19-11-4-12-20-24;1-12(2)18-10-11-19(13(3)4)15(18)17-16-14-8-6-5-7-9-14/h1-20H;5-13,15H,1-4H3/q-1;/p+1. The minimum atomic E-state index is -1.22. The molecule has 2 atom stereocenters. The molecule has 222 valence electrons. The zero-order valence-corrected chi connectivity index (χ0v) is 26.2. The summed E-state index contributed by atoms with van der Waals surface area (Å²) in [7, 11) is 0. The van der Waals surface area contributed by atoms with Crippen LogP contribution >= 0.6 is 0 Å². The van der Waals surface area contributed by atoms with Crippen LogP contribution in [0.4, 0.5) is 5.69 Å². The van der Waals surface area contributed by atoms with Gasteiger partial charge in [0.15, 0.2) is 0 Å². The number of quaternary nitrogens is 1. The lowest BCUT2D eigenvalue weighted by atomic mass is 9.13. The highest BCUT2D eigenvalue weighted by molar-refractivity contribution is 7.19. The predicted molar refractivity (Wildman–Crippen MR) is 187 cm³/mol. The van der Waals surface area contributed by atoms with Crippen molar-refractivity contribution in [1.29, 1.82) is 0 Å². The fourth-order valence-electron chi connectivity index (χ4n) is 6.32. The van der Waals surface area contributed by atoms with Crippen molar-refractivity contribution in [2.45, 2.75) is 46.1 Å².